The van der Waals surface area contributed by atoms with Gasteiger partial charge in [0.2, 0.25) is 0 Å². The predicted molar refractivity (Wildman–Crippen MR) is 118 cm³/mol. The van der Waals surface area contributed by atoms with Gasteiger partial charge in [0.25, 0.3) is 0 Å². The number of nitrogens with two attached hydrogens (primary N) is 1. The zero-order valence-electron chi connectivity index (χ0n) is 34.3. The molecule has 0 aliphatic carbocycles. The van der Waals surface area contributed by atoms with Gasteiger partial charge in [-0.25, -0.2) is 0 Å². The number of rotatable bonds is 7. The van der Waals surface area contributed by atoms with Crippen molar-refractivity contribution in [2.24, 2.45) is 23.4 Å². The molecule has 6 heteroatoms. The minimum Gasteiger partial charge on any atom is -0.493 e. The Bertz CT molecular complexity index is 1410. The fourth-order valence-electron chi connectivity index (χ4n) is 3.09. The van der Waals surface area contributed by atoms with Crippen molar-refractivity contribution < 1.29 is 42.3 Å². The van der Waals surface area contributed by atoms with Gasteiger partial charge in [-0.2, -0.15) is 0 Å². The Hall–Kier alpha value is -1.79. The summed E-state index contributed by atoms with van der Waals surface area (Å²) in [7, 11) is -2.17. The molecule has 1 saturated heterocycles. The Balaban J connectivity index is 2.53. The molecule has 0 saturated carbocycles. The van der Waals surface area contributed by atoms with Crippen molar-refractivity contribution >= 4 is 5.97 Å². The van der Waals surface area contributed by atoms with Crippen molar-refractivity contribution in [2.75, 3.05) is 27.2 Å². The Kier molecular flexibility index (Phi) is 2.99. The molecule has 6 nitrogen and oxygen atoms in total. The molecule has 2 N–H and O–H groups in total. The maximum absolute atomic E-state index is 13.3. The lowest BCUT2D eigenvalue weighted by atomic mass is 9.79. The summed E-state index contributed by atoms with van der Waals surface area (Å²) < 4.78 is 162. The maximum atomic E-state index is 13.3. The lowest BCUT2D eigenvalue weighted by Crippen LogP contribution is -2.51. The molecule has 2 aliphatic heterocycles. The third-order valence-electron chi connectivity index (χ3n) is 4.74. The zero-order chi connectivity index (χ0) is 36.9. The van der Waals surface area contributed by atoms with Crippen molar-refractivity contribution in [1.29, 1.82) is 0 Å². The quantitative estimate of drug-likeness (QED) is 0.660. The van der Waals surface area contributed by atoms with Crippen molar-refractivity contribution in [2.45, 2.75) is 65.0 Å². The van der Waals surface area contributed by atoms with Gasteiger partial charge in [0.1, 0.15) is 12.1 Å². The summed E-state index contributed by atoms with van der Waals surface area (Å²) in [6, 6.07) is -6.44. The highest BCUT2D eigenvalue weighted by molar-refractivity contribution is 5.76. The van der Waals surface area contributed by atoms with Crippen molar-refractivity contribution in [3.05, 3.63) is 23.2 Å². The molecule has 4 unspecified atom stereocenters. The van der Waals surface area contributed by atoms with E-state index in [1.54, 1.807) is 0 Å². The standard InChI is InChI=1S/C24H38N2O4/c1-14(2)9-17-13-26-8-7-16-10-21(28-5)22(29-6)11-18(16)19(26)12-20(17)30-24(27)23(25)15(3)4/h10-11,14-15,17,19-20,23H,7-9,12-13,25H2,1-6H3/t17?,19?,20?,23-/m0/s1/i1D3,5D3,9D2,10D,11D,12D2,13D2,14D,17D,19D/t14?,17?,19?,20?,23-. The first-order valence-corrected chi connectivity index (χ1v) is 9.47. The number of nitrogens with zero attached hydrogens (tertiary/aromatic N) is 1. The molecule has 1 fully saturated rings. The number of hydrogen-bond donors (Lipinski definition) is 1. The van der Waals surface area contributed by atoms with E-state index in [9.17, 15) is 13.0 Å². The smallest absolute Gasteiger partial charge is 0.323 e. The average Bonchev–Trinajstić information content (AvgIpc) is 2.90. The van der Waals surface area contributed by atoms with Crippen LogP contribution in [0.5, 0.6) is 11.5 Å². The fraction of sp³-hybridized carbons (Fsp3) is 0.708. The molecule has 2 heterocycles. The lowest BCUT2D eigenvalue weighted by molar-refractivity contribution is -0.160. The van der Waals surface area contributed by atoms with Crippen LogP contribution in [0.2, 0.25) is 0 Å². The van der Waals surface area contributed by atoms with E-state index in [4.69, 9.17) is 35.0 Å². The SMILES string of the molecule is [2H]c1c2c(c([2H])c(OC)c1OC([2H])([2H])[2H])C1([2H])N(CC2)C([2H])([2H])C([2H])(C([2H])([2H])C([2H])(C)C([2H])([2H])[2H])C(OC(=O)[C@@H](N)C(C)C)C1([2H])[2H]. The van der Waals surface area contributed by atoms with E-state index in [2.05, 4.69) is 0 Å². The third-order valence-corrected chi connectivity index (χ3v) is 4.74. The second kappa shape index (κ2) is 9.56. The number of ether oxygens (including phenoxy) is 3. The highest BCUT2D eigenvalue weighted by Gasteiger charge is 2.41. The second-order valence-corrected chi connectivity index (χ2v) is 7.32. The van der Waals surface area contributed by atoms with Crippen LogP contribution in [0.4, 0.5) is 0 Å². The first-order chi connectivity index (χ1) is 20.8. The molecule has 0 bridgehead atoms. The van der Waals surface area contributed by atoms with Crippen molar-refractivity contribution in [3.8, 4) is 11.5 Å². The minimum atomic E-state index is -3.88. The molecule has 30 heavy (non-hydrogen) atoms. The number of piperidine rings is 1. The van der Waals surface area contributed by atoms with Gasteiger partial charge in [-0.15, -0.1) is 0 Å². The molecule has 5 atom stereocenters. The number of benzene rings is 1. The largest absolute Gasteiger partial charge is 0.493 e. The average molecular weight is 436 g/mol. The van der Waals surface area contributed by atoms with Crippen LogP contribution in [-0.2, 0) is 16.0 Å². The van der Waals surface area contributed by atoms with Crippen LogP contribution in [0.3, 0.4) is 0 Å². The molecule has 0 aromatic heterocycles. The van der Waals surface area contributed by atoms with E-state index in [-0.39, 0.29) is 5.56 Å². The van der Waals surface area contributed by atoms with Gasteiger partial charge in [0.05, 0.1) is 22.4 Å². The summed E-state index contributed by atoms with van der Waals surface area (Å²) in [5.41, 5.74) is 4.83. The van der Waals surface area contributed by atoms with Crippen LogP contribution >= 0.6 is 0 Å². The molecule has 0 amide bonds. The molecule has 168 valence electrons. The Morgan fingerprint density at radius 3 is 2.90 bits per heavy atom. The number of carbonyl (C=O) groups excluding carboxylic acids is 1. The van der Waals surface area contributed by atoms with Gasteiger partial charge in [0.15, 0.2) is 11.5 Å². The van der Waals surface area contributed by atoms with E-state index in [0.717, 1.165) is 7.11 Å². The number of carbonyl (C=O) groups is 1. The van der Waals surface area contributed by atoms with Crippen LogP contribution in [0.15, 0.2) is 12.1 Å². The summed E-state index contributed by atoms with van der Waals surface area (Å²) in [5, 5.41) is 0. The van der Waals surface area contributed by atoms with Crippen LogP contribution in [0.25, 0.3) is 0 Å². The molecule has 0 spiro atoms. The maximum Gasteiger partial charge on any atom is 0.323 e. The number of fused-ring (bicyclic) bond motifs is 3. The lowest BCUT2D eigenvalue weighted by Gasteiger charge is -2.47. The third kappa shape index (κ3) is 4.75. The van der Waals surface area contributed by atoms with Crippen LogP contribution in [-0.4, -0.2) is 50.2 Å². The van der Waals surface area contributed by atoms with E-state index in [0.29, 0.717) is 11.8 Å². The molecule has 0 radical (unpaired) electrons. The molecule has 2 aliphatic rings. The second-order valence-electron chi connectivity index (χ2n) is 7.32. The van der Waals surface area contributed by atoms with Gasteiger partial charge in [-0.05, 0) is 47.8 Å². The van der Waals surface area contributed by atoms with Gasteiger partial charge in [-0.1, -0.05) is 27.6 Å². The van der Waals surface area contributed by atoms with Gasteiger partial charge in [0, 0.05) is 46.4 Å². The predicted octanol–water partition coefficient (Wildman–Crippen LogP) is 3.56. The normalized spacial score (nSPS) is 44.7. The Labute approximate surface area is 204 Å². The Morgan fingerprint density at radius 1 is 1.47 bits per heavy atom. The number of esters is 1. The van der Waals surface area contributed by atoms with Gasteiger partial charge >= 0.3 is 5.97 Å². The van der Waals surface area contributed by atoms with Gasteiger partial charge in [-0.3, -0.25) is 9.69 Å². The molecule has 1 aromatic carbocycles. The topological polar surface area (TPSA) is 74.0 Å². The number of hydrogen-bond acceptors (Lipinski definition) is 6. The zero-order valence-corrected chi connectivity index (χ0v) is 17.3. The van der Waals surface area contributed by atoms with Crippen LogP contribution in [0.1, 0.15) is 80.8 Å². The summed E-state index contributed by atoms with van der Waals surface area (Å²) in [5.74, 6) is -10.8. The summed E-state index contributed by atoms with van der Waals surface area (Å²) in [4.78, 5) is 13.7. The Morgan fingerprint density at radius 2 is 2.23 bits per heavy atom. The van der Waals surface area contributed by atoms with Crippen LogP contribution < -0.4 is 15.2 Å². The molecular weight excluding hydrogens is 380 g/mol. The highest BCUT2D eigenvalue weighted by Crippen LogP contribution is 2.44. The first-order valence-electron chi connectivity index (χ1n) is 18.0. The monoisotopic (exact) mass is 435 g/mol. The van der Waals surface area contributed by atoms with Crippen molar-refractivity contribution in [3.63, 3.8) is 0 Å². The summed E-state index contributed by atoms with van der Waals surface area (Å²) >= 11 is 0. The fourth-order valence-corrected chi connectivity index (χ4v) is 3.09. The van der Waals surface area contributed by atoms with Crippen LogP contribution in [0, 0.1) is 17.7 Å². The highest BCUT2D eigenvalue weighted by atomic mass is 16.5. The van der Waals surface area contributed by atoms with Crippen molar-refractivity contribution in [1.82, 2.24) is 4.90 Å². The van der Waals surface area contributed by atoms with Gasteiger partial charge < -0.3 is 19.9 Å². The summed E-state index contributed by atoms with van der Waals surface area (Å²) in [6.45, 7) is -4.44. The molecular formula is C24H38N2O4. The minimum absolute atomic E-state index is 0.335. The number of methoxy groups -OCH3 is 2. The van der Waals surface area contributed by atoms with E-state index in [1.165, 1.54) is 13.8 Å². The van der Waals surface area contributed by atoms with E-state index >= 15 is 0 Å². The first kappa shape index (κ1) is 9.37. The summed E-state index contributed by atoms with van der Waals surface area (Å²) in [6.07, 6.45) is -11.0. The molecule has 1 aromatic rings. The molecule has 3 rings (SSSR count). The van der Waals surface area contributed by atoms with E-state index < -0.39 is 117 Å². The van der Waals surface area contributed by atoms with E-state index in [1.807, 2.05) is 0 Å².